The van der Waals surface area contributed by atoms with Crippen LogP contribution < -0.4 is 5.32 Å². The summed E-state index contributed by atoms with van der Waals surface area (Å²) < 4.78 is 1.17. The van der Waals surface area contributed by atoms with Gasteiger partial charge in [-0.25, -0.2) is 0 Å². The smallest absolute Gasteiger partial charge is 0.0294 e. The lowest BCUT2D eigenvalue weighted by atomic mass is 9.84. The highest BCUT2D eigenvalue weighted by Crippen LogP contribution is 2.28. The second-order valence-electron chi connectivity index (χ2n) is 5.63. The molecule has 0 heterocycles. The third kappa shape index (κ3) is 3.83. The number of hydrogen-bond donors (Lipinski definition) is 1. The lowest BCUT2D eigenvalue weighted by Crippen LogP contribution is -2.36. The first-order valence-corrected chi connectivity index (χ1v) is 7.97. The van der Waals surface area contributed by atoms with Crippen LogP contribution in [0.25, 0.3) is 0 Å². The number of rotatable bonds is 4. The van der Waals surface area contributed by atoms with Gasteiger partial charge in [-0.3, -0.25) is 0 Å². The van der Waals surface area contributed by atoms with Crippen molar-refractivity contribution in [2.45, 2.75) is 58.0 Å². The van der Waals surface area contributed by atoms with E-state index < -0.39 is 0 Å². The van der Waals surface area contributed by atoms with E-state index in [0.29, 0.717) is 12.1 Å². The van der Waals surface area contributed by atoms with E-state index in [4.69, 9.17) is 0 Å². The van der Waals surface area contributed by atoms with Crippen molar-refractivity contribution in [3.63, 3.8) is 0 Å². The van der Waals surface area contributed by atoms with Crippen LogP contribution in [-0.2, 0) is 0 Å². The normalized spacial score (nSPS) is 20.6. The maximum absolute atomic E-state index is 3.77. The Hall–Kier alpha value is -0.340. The molecule has 1 nitrogen and oxygen atoms in total. The summed E-state index contributed by atoms with van der Waals surface area (Å²) in [4.78, 5) is 0. The van der Waals surface area contributed by atoms with Gasteiger partial charge in [-0.05, 0) is 50.3 Å². The summed E-state index contributed by atoms with van der Waals surface area (Å²) in [5.41, 5.74) is 1.37. The molecular formula is C16H24BrN. The Kier molecular flexibility index (Phi) is 5.25. The summed E-state index contributed by atoms with van der Waals surface area (Å²) in [6, 6.07) is 9.67. The summed E-state index contributed by atoms with van der Waals surface area (Å²) >= 11 is 3.55. The molecule has 1 aromatic carbocycles. The van der Waals surface area contributed by atoms with Crippen molar-refractivity contribution in [1.82, 2.24) is 5.32 Å². The third-order valence-corrected chi connectivity index (χ3v) is 4.71. The highest BCUT2D eigenvalue weighted by Gasteiger charge is 2.21. The maximum atomic E-state index is 3.77. The molecule has 0 saturated heterocycles. The molecule has 1 aliphatic rings. The Labute approximate surface area is 119 Å². The lowest BCUT2D eigenvalue weighted by molar-refractivity contribution is 0.268. The number of halogens is 1. The van der Waals surface area contributed by atoms with Crippen molar-refractivity contribution >= 4 is 15.9 Å². The van der Waals surface area contributed by atoms with Gasteiger partial charge >= 0.3 is 0 Å². The Morgan fingerprint density at radius 2 is 1.89 bits per heavy atom. The summed E-state index contributed by atoms with van der Waals surface area (Å²) in [5, 5.41) is 3.77. The summed E-state index contributed by atoms with van der Waals surface area (Å²) in [5.74, 6) is 0.869. The topological polar surface area (TPSA) is 12.0 Å². The average molecular weight is 310 g/mol. The van der Waals surface area contributed by atoms with Crippen LogP contribution in [0.4, 0.5) is 0 Å². The van der Waals surface area contributed by atoms with E-state index in [1.807, 2.05) is 0 Å². The van der Waals surface area contributed by atoms with Crippen molar-refractivity contribution in [1.29, 1.82) is 0 Å². The lowest BCUT2D eigenvalue weighted by Gasteiger charge is -2.30. The molecule has 0 bridgehead atoms. The van der Waals surface area contributed by atoms with Gasteiger partial charge < -0.3 is 5.32 Å². The van der Waals surface area contributed by atoms with E-state index in [1.165, 1.54) is 42.1 Å². The van der Waals surface area contributed by atoms with Crippen LogP contribution >= 0.6 is 15.9 Å². The fraction of sp³-hybridized carbons (Fsp3) is 0.625. The minimum Gasteiger partial charge on any atom is -0.307 e. The second-order valence-corrected chi connectivity index (χ2v) is 6.55. The Balaban J connectivity index is 1.91. The van der Waals surface area contributed by atoms with Crippen molar-refractivity contribution in [2.24, 2.45) is 5.92 Å². The molecule has 2 heteroatoms. The molecule has 1 N–H and O–H groups in total. The molecule has 0 spiro atoms. The van der Waals surface area contributed by atoms with E-state index in [-0.39, 0.29) is 0 Å². The van der Waals surface area contributed by atoms with Gasteiger partial charge in [0.2, 0.25) is 0 Å². The van der Waals surface area contributed by atoms with Gasteiger partial charge in [-0.1, -0.05) is 47.3 Å². The molecule has 1 aromatic rings. The second kappa shape index (κ2) is 6.72. The van der Waals surface area contributed by atoms with Gasteiger partial charge in [0, 0.05) is 16.6 Å². The van der Waals surface area contributed by atoms with E-state index in [0.717, 1.165) is 5.92 Å². The maximum Gasteiger partial charge on any atom is 0.0294 e. The molecule has 0 amide bonds. The number of nitrogens with one attached hydrogen (secondary N) is 1. The van der Waals surface area contributed by atoms with Crippen LogP contribution in [-0.4, -0.2) is 6.04 Å². The quantitative estimate of drug-likeness (QED) is 0.819. The predicted octanol–water partition coefficient (Wildman–Crippen LogP) is 5.07. The standard InChI is InChI=1S/C16H24BrN/c1-12(14-7-4-3-5-8-14)18-13(2)15-9-6-10-16(17)11-15/h6,9-14,18H,3-5,7-8H2,1-2H3/t12-,13?/m0/s1. The molecular weight excluding hydrogens is 286 g/mol. The van der Waals surface area contributed by atoms with Crippen molar-refractivity contribution in [2.75, 3.05) is 0 Å². The van der Waals surface area contributed by atoms with Gasteiger partial charge in [-0.15, -0.1) is 0 Å². The van der Waals surface area contributed by atoms with Gasteiger partial charge in [0.25, 0.3) is 0 Å². The summed E-state index contributed by atoms with van der Waals surface area (Å²) in [6.07, 6.45) is 7.08. The molecule has 0 aromatic heterocycles. The van der Waals surface area contributed by atoms with Crippen LogP contribution in [0.3, 0.4) is 0 Å². The Bertz CT molecular complexity index is 371. The first-order valence-electron chi connectivity index (χ1n) is 7.18. The number of hydrogen-bond acceptors (Lipinski definition) is 1. The molecule has 1 saturated carbocycles. The average Bonchev–Trinajstić information content (AvgIpc) is 2.39. The molecule has 2 atom stereocenters. The SMILES string of the molecule is CC(N[C@@H](C)C1CCCCC1)c1cccc(Br)c1. The van der Waals surface area contributed by atoms with Crippen LogP contribution in [0.1, 0.15) is 57.6 Å². The molecule has 0 radical (unpaired) electrons. The zero-order valence-electron chi connectivity index (χ0n) is 11.5. The van der Waals surface area contributed by atoms with E-state index >= 15 is 0 Å². The first kappa shape index (κ1) is 14.1. The zero-order valence-corrected chi connectivity index (χ0v) is 13.0. The van der Waals surface area contributed by atoms with Gasteiger partial charge in [0.1, 0.15) is 0 Å². The molecule has 18 heavy (non-hydrogen) atoms. The minimum atomic E-state index is 0.430. The largest absolute Gasteiger partial charge is 0.307 e. The van der Waals surface area contributed by atoms with Crippen molar-refractivity contribution in [3.05, 3.63) is 34.3 Å². The zero-order chi connectivity index (χ0) is 13.0. The fourth-order valence-electron chi connectivity index (χ4n) is 3.04. The molecule has 100 valence electrons. The van der Waals surface area contributed by atoms with Gasteiger partial charge in [0.15, 0.2) is 0 Å². The summed E-state index contributed by atoms with van der Waals surface area (Å²) in [7, 11) is 0. The van der Waals surface area contributed by atoms with Crippen LogP contribution in [0.15, 0.2) is 28.7 Å². The highest BCUT2D eigenvalue weighted by molar-refractivity contribution is 9.10. The van der Waals surface area contributed by atoms with E-state index in [1.54, 1.807) is 0 Å². The van der Waals surface area contributed by atoms with Crippen LogP contribution in [0, 0.1) is 5.92 Å². The fourth-order valence-corrected chi connectivity index (χ4v) is 3.45. The van der Waals surface area contributed by atoms with Crippen LogP contribution in [0.2, 0.25) is 0 Å². The van der Waals surface area contributed by atoms with Gasteiger partial charge in [0.05, 0.1) is 0 Å². The van der Waals surface area contributed by atoms with E-state index in [9.17, 15) is 0 Å². The summed E-state index contributed by atoms with van der Waals surface area (Å²) in [6.45, 7) is 4.62. The molecule has 1 fully saturated rings. The number of benzene rings is 1. The molecule has 1 unspecified atom stereocenters. The highest BCUT2D eigenvalue weighted by atomic mass is 79.9. The Morgan fingerprint density at radius 3 is 2.56 bits per heavy atom. The third-order valence-electron chi connectivity index (χ3n) is 4.22. The first-order chi connectivity index (χ1) is 8.66. The Morgan fingerprint density at radius 1 is 1.17 bits per heavy atom. The molecule has 2 rings (SSSR count). The van der Waals surface area contributed by atoms with Crippen molar-refractivity contribution in [3.8, 4) is 0 Å². The minimum absolute atomic E-state index is 0.430. The molecule has 1 aliphatic carbocycles. The van der Waals surface area contributed by atoms with Gasteiger partial charge in [-0.2, -0.15) is 0 Å². The van der Waals surface area contributed by atoms with Crippen molar-refractivity contribution < 1.29 is 0 Å². The van der Waals surface area contributed by atoms with E-state index in [2.05, 4.69) is 59.4 Å². The predicted molar refractivity (Wildman–Crippen MR) is 81.7 cm³/mol. The van der Waals surface area contributed by atoms with Crippen LogP contribution in [0.5, 0.6) is 0 Å². The monoisotopic (exact) mass is 309 g/mol. The molecule has 0 aliphatic heterocycles.